The van der Waals surface area contributed by atoms with Crippen LogP contribution < -0.4 is 9.47 Å². The van der Waals surface area contributed by atoms with Crippen LogP contribution in [0.5, 0.6) is 11.5 Å². The second kappa shape index (κ2) is 11.1. The molecular weight excluding hydrogens is 518 g/mol. The van der Waals surface area contributed by atoms with Crippen molar-refractivity contribution < 1.29 is 26.3 Å². The Hall–Kier alpha value is -3.81. The summed E-state index contributed by atoms with van der Waals surface area (Å²) < 4.78 is 63.4. The van der Waals surface area contributed by atoms with E-state index in [1.54, 1.807) is 54.6 Å². The lowest BCUT2D eigenvalue weighted by Crippen LogP contribution is -2.30. The predicted octanol–water partition coefficient (Wildman–Crippen LogP) is 2.58. The van der Waals surface area contributed by atoms with E-state index in [4.69, 9.17) is 9.47 Å². The highest BCUT2D eigenvalue weighted by Crippen LogP contribution is 2.29. The molecule has 0 aliphatic heterocycles. The van der Waals surface area contributed by atoms with E-state index >= 15 is 0 Å². The normalized spacial score (nSPS) is 12.0. The minimum Gasteiger partial charge on any atom is -0.495 e. The average Bonchev–Trinajstić information content (AvgIpc) is 3.41. The molecule has 0 unspecified atom stereocenters. The van der Waals surface area contributed by atoms with E-state index in [9.17, 15) is 16.8 Å². The van der Waals surface area contributed by atoms with Crippen molar-refractivity contribution >= 4 is 19.9 Å². The summed E-state index contributed by atoms with van der Waals surface area (Å²) in [5, 5.41) is 13.5. The molecule has 194 valence electrons. The molecule has 0 atom stereocenters. The van der Waals surface area contributed by atoms with E-state index in [1.807, 2.05) is 0 Å². The molecule has 1 heterocycles. The Morgan fingerprint density at radius 2 is 1.49 bits per heavy atom. The van der Waals surface area contributed by atoms with Crippen molar-refractivity contribution in [3.63, 3.8) is 0 Å². The Balaban J connectivity index is 1.60. The van der Waals surface area contributed by atoms with Crippen LogP contribution in [-0.4, -0.2) is 55.1 Å². The number of nitrogens with one attached hydrogen (secondary N) is 1. The Morgan fingerprint density at radius 3 is 2.05 bits per heavy atom. The summed E-state index contributed by atoms with van der Waals surface area (Å²) in [7, 11) is -5.96. The van der Waals surface area contributed by atoms with Crippen LogP contribution in [0.1, 0.15) is 17.0 Å². The molecule has 37 heavy (non-hydrogen) atoms. The van der Waals surface area contributed by atoms with E-state index in [1.165, 1.54) is 29.6 Å². The van der Waals surface area contributed by atoms with Gasteiger partial charge in [0.25, 0.3) is 0 Å². The maximum Gasteiger partial charge on any atom is 0.247 e. The number of methoxy groups -OCH3 is 1. The third-order valence-electron chi connectivity index (χ3n) is 5.44. The molecule has 0 aliphatic carbocycles. The fourth-order valence-corrected chi connectivity index (χ4v) is 5.73. The molecule has 0 saturated carbocycles. The van der Waals surface area contributed by atoms with Gasteiger partial charge in [0, 0.05) is 19.3 Å². The molecule has 0 saturated heterocycles. The van der Waals surface area contributed by atoms with Crippen molar-refractivity contribution in [2.24, 2.45) is 0 Å². The predicted molar refractivity (Wildman–Crippen MR) is 134 cm³/mol. The van der Waals surface area contributed by atoms with Crippen LogP contribution >= 0.6 is 0 Å². The van der Waals surface area contributed by atoms with Gasteiger partial charge in [-0.2, -0.15) is 9.52 Å². The van der Waals surface area contributed by atoms with E-state index in [0.717, 1.165) is 11.8 Å². The van der Waals surface area contributed by atoms with Crippen LogP contribution in [0, 0.1) is 0 Å². The molecular formula is C24H25N5O6S2. The molecule has 4 rings (SSSR count). The smallest absolute Gasteiger partial charge is 0.247 e. The Bertz CT molecular complexity index is 1540. The first kappa shape index (κ1) is 26.3. The number of hydrogen-bond acceptors (Lipinski definition) is 9. The summed E-state index contributed by atoms with van der Waals surface area (Å²) in [5.41, 5.74) is 1.35. The fourth-order valence-electron chi connectivity index (χ4n) is 3.53. The number of nitrogens with zero attached hydrogens (tertiary/aromatic N) is 4. The maximum absolute atomic E-state index is 13.8. The van der Waals surface area contributed by atoms with Gasteiger partial charge in [0.05, 0.1) is 12.0 Å². The van der Waals surface area contributed by atoms with E-state index in [0.29, 0.717) is 17.1 Å². The molecule has 0 amide bonds. The Morgan fingerprint density at radius 1 is 0.865 bits per heavy atom. The molecule has 13 heteroatoms. The second-order valence-electron chi connectivity index (χ2n) is 8.10. The monoisotopic (exact) mass is 543 g/mol. The minimum atomic E-state index is -4.00. The lowest BCUT2D eigenvalue weighted by atomic mass is 10.2. The van der Waals surface area contributed by atoms with Gasteiger partial charge in [-0.15, -0.1) is 10.2 Å². The molecule has 0 bridgehead atoms. The van der Waals surface area contributed by atoms with Gasteiger partial charge in [-0.25, -0.2) is 16.8 Å². The SMILES string of the molecule is COc1ccccc1S(=O)(=O)N(Cc1ccc(OCc2nn[nH]n2)cc1)Cc1ccc(S(C)(=O)=O)cc1. The number of H-pyrrole nitrogens is 1. The first-order valence-corrected chi connectivity index (χ1v) is 14.4. The fraction of sp³-hybridized carbons (Fsp3) is 0.208. The zero-order chi connectivity index (χ0) is 26.5. The summed E-state index contributed by atoms with van der Waals surface area (Å²) >= 11 is 0. The number of aromatic amines is 1. The van der Waals surface area contributed by atoms with Gasteiger partial charge >= 0.3 is 0 Å². The topological polar surface area (TPSA) is 144 Å². The summed E-state index contributed by atoms with van der Waals surface area (Å²) in [5.74, 6) is 1.19. The number of tetrazole rings is 1. The standard InChI is InChI=1S/C24H25N5O6S2/c1-34-22-5-3-4-6-23(22)37(32,33)29(16-19-9-13-21(14-10-19)36(2,30)31)15-18-7-11-20(12-8-18)35-17-24-25-27-28-26-24/h3-14H,15-17H2,1-2H3,(H,25,26,27,28). The van der Waals surface area contributed by atoms with Crippen molar-refractivity contribution in [1.82, 2.24) is 24.9 Å². The molecule has 3 aromatic carbocycles. The van der Waals surface area contributed by atoms with Gasteiger partial charge in [0.15, 0.2) is 16.4 Å². The molecule has 1 aromatic heterocycles. The lowest BCUT2D eigenvalue weighted by molar-refractivity contribution is 0.295. The van der Waals surface area contributed by atoms with Crippen molar-refractivity contribution in [2.45, 2.75) is 29.5 Å². The van der Waals surface area contributed by atoms with Gasteiger partial charge in [-0.05, 0) is 47.5 Å². The van der Waals surface area contributed by atoms with Crippen molar-refractivity contribution in [3.8, 4) is 11.5 Å². The highest BCUT2D eigenvalue weighted by molar-refractivity contribution is 7.90. The summed E-state index contributed by atoms with van der Waals surface area (Å²) in [6.07, 6.45) is 1.12. The molecule has 0 radical (unpaired) electrons. The average molecular weight is 544 g/mol. The van der Waals surface area contributed by atoms with Crippen LogP contribution in [0.15, 0.2) is 82.6 Å². The van der Waals surface area contributed by atoms with Gasteiger partial charge in [-0.1, -0.05) is 41.6 Å². The Kier molecular flexibility index (Phi) is 7.86. The van der Waals surface area contributed by atoms with Crippen LogP contribution in [-0.2, 0) is 39.6 Å². The zero-order valence-electron chi connectivity index (χ0n) is 20.1. The molecule has 4 aromatic rings. The molecule has 0 fully saturated rings. The van der Waals surface area contributed by atoms with E-state index in [2.05, 4.69) is 20.6 Å². The van der Waals surface area contributed by atoms with Crippen molar-refractivity contribution in [2.75, 3.05) is 13.4 Å². The number of para-hydroxylation sites is 1. The summed E-state index contributed by atoms with van der Waals surface area (Å²) in [6.45, 7) is 0.202. The Labute approximate surface area is 215 Å². The maximum atomic E-state index is 13.8. The van der Waals surface area contributed by atoms with Crippen LogP contribution in [0.3, 0.4) is 0 Å². The highest BCUT2D eigenvalue weighted by atomic mass is 32.2. The largest absolute Gasteiger partial charge is 0.495 e. The first-order chi connectivity index (χ1) is 17.7. The number of ether oxygens (including phenoxy) is 2. The van der Waals surface area contributed by atoms with E-state index < -0.39 is 19.9 Å². The second-order valence-corrected chi connectivity index (χ2v) is 12.0. The van der Waals surface area contributed by atoms with Crippen LogP contribution in [0.2, 0.25) is 0 Å². The van der Waals surface area contributed by atoms with Gasteiger partial charge < -0.3 is 9.47 Å². The highest BCUT2D eigenvalue weighted by Gasteiger charge is 2.28. The van der Waals surface area contributed by atoms with Gasteiger partial charge in [0.1, 0.15) is 16.4 Å². The van der Waals surface area contributed by atoms with Crippen molar-refractivity contribution in [1.29, 1.82) is 0 Å². The quantitative estimate of drug-likeness (QED) is 0.302. The third-order valence-corrected chi connectivity index (χ3v) is 8.40. The molecule has 0 spiro atoms. The van der Waals surface area contributed by atoms with Crippen LogP contribution in [0.4, 0.5) is 0 Å². The van der Waals surface area contributed by atoms with Crippen molar-refractivity contribution in [3.05, 3.63) is 89.7 Å². The lowest BCUT2D eigenvalue weighted by Gasteiger charge is -2.24. The number of sulfone groups is 1. The number of benzene rings is 3. The molecule has 1 N–H and O–H groups in total. The van der Waals surface area contributed by atoms with Gasteiger partial charge in [-0.3, -0.25) is 0 Å². The number of aromatic nitrogens is 4. The minimum absolute atomic E-state index is 0.0144. The third kappa shape index (κ3) is 6.50. The number of sulfonamides is 1. The zero-order valence-corrected chi connectivity index (χ0v) is 21.7. The molecule has 0 aliphatic rings. The summed E-state index contributed by atoms with van der Waals surface area (Å²) in [6, 6.07) is 19.5. The van der Waals surface area contributed by atoms with Crippen LogP contribution in [0.25, 0.3) is 0 Å². The number of hydrogen-bond donors (Lipinski definition) is 1. The van der Waals surface area contributed by atoms with E-state index in [-0.39, 0.29) is 35.2 Å². The summed E-state index contributed by atoms with van der Waals surface area (Å²) in [4.78, 5) is 0.192. The molecule has 11 nitrogen and oxygen atoms in total. The number of rotatable bonds is 11. The van der Waals surface area contributed by atoms with Gasteiger partial charge in [0.2, 0.25) is 15.8 Å². The first-order valence-electron chi connectivity index (χ1n) is 11.0.